The van der Waals surface area contributed by atoms with E-state index in [0.717, 1.165) is 25.2 Å². The monoisotopic (exact) mass is 426 g/mol. The fraction of sp³-hybridized carbons (Fsp3) is 0.348. The van der Waals surface area contributed by atoms with Gasteiger partial charge in [0.15, 0.2) is 23.4 Å². The molecule has 0 unspecified atom stereocenters. The highest BCUT2D eigenvalue weighted by molar-refractivity contribution is 5.95. The average molecular weight is 426 g/mol. The molecule has 2 aromatic carbocycles. The molecule has 1 atom stereocenters. The molecule has 3 aromatic rings. The van der Waals surface area contributed by atoms with E-state index in [4.69, 9.17) is 4.74 Å². The highest BCUT2D eigenvalue weighted by atomic mass is 19.1. The maximum Gasteiger partial charge on any atom is 0.304 e. The number of amides is 1. The van der Waals surface area contributed by atoms with Crippen LogP contribution >= 0.6 is 0 Å². The quantitative estimate of drug-likeness (QED) is 0.493. The zero-order valence-corrected chi connectivity index (χ0v) is 18.0. The standard InChI is InChI=1S/C23H27FN4O3/c1-4-27(5-2)14-15-28-19-12-8-6-10-17(19)21(23(28)30)25-26-22(29)16(3)31-20-13-9-7-11-18(20)24/h6-13,16,30H,4-5,14-15H2,1-3H3/t16-/m0/s1. The third-order valence-corrected chi connectivity index (χ3v) is 5.19. The van der Waals surface area contributed by atoms with Gasteiger partial charge in [0, 0.05) is 18.5 Å². The minimum atomic E-state index is -1.03. The summed E-state index contributed by atoms with van der Waals surface area (Å²) in [7, 11) is 0. The van der Waals surface area contributed by atoms with Crippen molar-refractivity contribution in [2.24, 2.45) is 10.2 Å². The number of hydrogen-bond donors (Lipinski definition) is 1. The zero-order valence-electron chi connectivity index (χ0n) is 18.0. The zero-order chi connectivity index (χ0) is 22.4. The topological polar surface area (TPSA) is 79.4 Å². The Morgan fingerprint density at radius 3 is 2.55 bits per heavy atom. The fourth-order valence-electron chi connectivity index (χ4n) is 3.34. The minimum absolute atomic E-state index is 0.0330. The van der Waals surface area contributed by atoms with Gasteiger partial charge in [-0.05, 0) is 38.2 Å². The van der Waals surface area contributed by atoms with E-state index < -0.39 is 17.8 Å². The molecular formula is C23H27FN4O3. The van der Waals surface area contributed by atoms with E-state index in [2.05, 4.69) is 29.0 Å². The number of fused-ring (bicyclic) bond motifs is 1. The van der Waals surface area contributed by atoms with Crippen LogP contribution in [-0.4, -0.2) is 46.2 Å². The van der Waals surface area contributed by atoms with Crippen molar-refractivity contribution < 1.29 is 19.0 Å². The van der Waals surface area contributed by atoms with Gasteiger partial charge in [-0.3, -0.25) is 4.79 Å². The number of carbonyl (C=O) groups excluding carboxylic acids is 1. The van der Waals surface area contributed by atoms with Crippen LogP contribution in [-0.2, 0) is 11.3 Å². The van der Waals surface area contributed by atoms with Crippen molar-refractivity contribution in [1.82, 2.24) is 9.47 Å². The first-order valence-corrected chi connectivity index (χ1v) is 10.4. The van der Waals surface area contributed by atoms with Gasteiger partial charge < -0.3 is 19.3 Å². The number of likely N-dealkylation sites (N-methyl/N-ethyl adjacent to an activating group) is 1. The predicted molar refractivity (Wildman–Crippen MR) is 117 cm³/mol. The molecule has 1 heterocycles. The number of rotatable bonds is 9. The van der Waals surface area contributed by atoms with E-state index in [1.807, 2.05) is 24.3 Å². The van der Waals surface area contributed by atoms with E-state index in [9.17, 15) is 14.3 Å². The van der Waals surface area contributed by atoms with Gasteiger partial charge in [-0.1, -0.05) is 44.2 Å². The number of azo groups is 1. The first-order chi connectivity index (χ1) is 15.0. The molecule has 164 valence electrons. The molecule has 0 fully saturated rings. The van der Waals surface area contributed by atoms with E-state index in [1.165, 1.54) is 25.1 Å². The van der Waals surface area contributed by atoms with Crippen LogP contribution in [0, 0.1) is 5.82 Å². The van der Waals surface area contributed by atoms with E-state index >= 15 is 0 Å². The smallest absolute Gasteiger partial charge is 0.304 e. The number of ether oxygens (including phenoxy) is 1. The Morgan fingerprint density at radius 2 is 1.84 bits per heavy atom. The summed E-state index contributed by atoms with van der Waals surface area (Å²) >= 11 is 0. The Hall–Kier alpha value is -3.26. The number of para-hydroxylation sites is 2. The van der Waals surface area contributed by atoms with Crippen LogP contribution in [0.5, 0.6) is 11.6 Å². The Labute approximate surface area is 180 Å². The van der Waals surface area contributed by atoms with Gasteiger partial charge >= 0.3 is 5.91 Å². The van der Waals surface area contributed by atoms with Crippen LogP contribution in [0.2, 0.25) is 0 Å². The van der Waals surface area contributed by atoms with E-state index in [1.54, 1.807) is 10.6 Å². The van der Waals surface area contributed by atoms with Crippen LogP contribution in [0.25, 0.3) is 10.9 Å². The van der Waals surface area contributed by atoms with Crippen molar-refractivity contribution in [2.75, 3.05) is 19.6 Å². The number of carbonyl (C=O) groups is 1. The average Bonchev–Trinajstić information content (AvgIpc) is 3.05. The summed E-state index contributed by atoms with van der Waals surface area (Å²) in [6.07, 6.45) is -1.03. The van der Waals surface area contributed by atoms with Crippen LogP contribution in [0.4, 0.5) is 10.1 Å². The first-order valence-electron chi connectivity index (χ1n) is 10.4. The summed E-state index contributed by atoms with van der Waals surface area (Å²) in [4.78, 5) is 14.6. The minimum Gasteiger partial charge on any atom is -0.493 e. The maximum atomic E-state index is 13.7. The van der Waals surface area contributed by atoms with Gasteiger partial charge in [-0.15, -0.1) is 10.2 Å². The lowest BCUT2D eigenvalue weighted by Gasteiger charge is -2.18. The van der Waals surface area contributed by atoms with Gasteiger partial charge in [-0.2, -0.15) is 0 Å². The summed E-state index contributed by atoms with van der Waals surface area (Å²) in [5, 5.41) is 19.2. The first kappa shape index (κ1) is 22.4. The molecule has 1 amide bonds. The molecule has 1 N–H and O–H groups in total. The summed E-state index contributed by atoms with van der Waals surface area (Å²) in [5.74, 6) is -1.32. The van der Waals surface area contributed by atoms with Gasteiger partial charge in [0.1, 0.15) is 0 Å². The van der Waals surface area contributed by atoms with E-state index in [-0.39, 0.29) is 17.3 Å². The van der Waals surface area contributed by atoms with Crippen molar-refractivity contribution in [2.45, 2.75) is 33.4 Å². The molecule has 0 aliphatic rings. The lowest BCUT2D eigenvalue weighted by Crippen LogP contribution is -2.26. The lowest BCUT2D eigenvalue weighted by molar-refractivity contribution is -0.124. The second-order valence-electron chi connectivity index (χ2n) is 7.10. The number of aromatic nitrogens is 1. The molecule has 0 bridgehead atoms. The molecule has 0 spiro atoms. The third kappa shape index (κ3) is 5.08. The number of nitrogens with zero attached hydrogens (tertiary/aromatic N) is 4. The Morgan fingerprint density at radius 1 is 1.16 bits per heavy atom. The summed E-state index contributed by atoms with van der Waals surface area (Å²) in [6.45, 7) is 8.82. The summed E-state index contributed by atoms with van der Waals surface area (Å²) in [6, 6.07) is 13.3. The summed E-state index contributed by atoms with van der Waals surface area (Å²) in [5.41, 5.74) is 1.03. The molecule has 7 nitrogen and oxygen atoms in total. The Balaban J connectivity index is 1.82. The number of benzene rings is 2. The molecule has 0 saturated carbocycles. The van der Waals surface area contributed by atoms with Crippen LogP contribution in [0.3, 0.4) is 0 Å². The molecule has 0 radical (unpaired) electrons. The van der Waals surface area contributed by atoms with Crippen molar-refractivity contribution in [1.29, 1.82) is 0 Å². The number of aromatic hydroxyl groups is 1. The number of halogens is 1. The van der Waals surface area contributed by atoms with Crippen LogP contribution in [0.15, 0.2) is 58.8 Å². The second kappa shape index (κ2) is 10.2. The van der Waals surface area contributed by atoms with Crippen molar-refractivity contribution in [3.8, 4) is 11.6 Å². The van der Waals surface area contributed by atoms with Crippen molar-refractivity contribution in [3.05, 3.63) is 54.3 Å². The van der Waals surface area contributed by atoms with Crippen molar-refractivity contribution >= 4 is 22.5 Å². The highest BCUT2D eigenvalue weighted by Gasteiger charge is 2.19. The Kier molecular flexibility index (Phi) is 7.36. The second-order valence-corrected chi connectivity index (χ2v) is 7.10. The third-order valence-electron chi connectivity index (χ3n) is 5.19. The molecule has 31 heavy (non-hydrogen) atoms. The molecule has 3 rings (SSSR count). The van der Waals surface area contributed by atoms with E-state index in [0.29, 0.717) is 11.9 Å². The van der Waals surface area contributed by atoms with Gasteiger partial charge in [0.25, 0.3) is 0 Å². The predicted octanol–water partition coefficient (Wildman–Crippen LogP) is 4.91. The molecular weight excluding hydrogens is 399 g/mol. The van der Waals surface area contributed by atoms with Crippen LogP contribution in [0.1, 0.15) is 20.8 Å². The van der Waals surface area contributed by atoms with Gasteiger partial charge in [0.05, 0.1) is 5.52 Å². The normalized spacial score (nSPS) is 12.7. The molecule has 0 saturated heterocycles. The molecule has 8 heteroatoms. The lowest BCUT2D eigenvalue weighted by atomic mass is 10.2. The molecule has 0 aliphatic heterocycles. The fourth-order valence-corrected chi connectivity index (χ4v) is 3.34. The molecule has 0 aliphatic carbocycles. The van der Waals surface area contributed by atoms with Crippen molar-refractivity contribution in [3.63, 3.8) is 0 Å². The highest BCUT2D eigenvalue weighted by Crippen LogP contribution is 2.38. The molecule has 1 aromatic heterocycles. The largest absolute Gasteiger partial charge is 0.493 e. The SMILES string of the molecule is CCN(CC)CCn1c(O)c(N=NC(=O)[C@H](C)Oc2ccccc2F)c2ccccc21. The van der Waals surface area contributed by atoms with Gasteiger partial charge in [0.2, 0.25) is 5.88 Å². The summed E-state index contributed by atoms with van der Waals surface area (Å²) < 4.78 is 20.9. The van der Waals surface area contributed by atoms with Gasteiger partial charge in [-0.25, -0.2) is 4.39 Å². The number of hydrogen-bond acceptors (Lipinski definition) is 5. The Bertz CT molecular complexity index is 1080. The maximum absolute atomic E-state index is 13.7. The van der Waals surface area contributed by atoms with Crippen LogP contribution < -0.4 is 4.74 Å².